The van der Waals surface area contributed by atoms with Crippen LogP contribution >= 0.6 is 0 Å². The average molecular weight is 425 g/mol. The SMILES string of the molecule is COc1ccc(-c2cccc3c2CCC3=O)c(OCC2(CNC(C)=O)COC2)c1OC. The summed E-state index contributed by atoms with van der Waals surface area (Å²) >= 11 is 0. The Labute approximate surface area is 181 Å². The quantitative estimate of drug-likeness (QED) is 0.700. The topological polar surface area (TPSA) is 83.1 Å². The highest BCUT2D eigenvalue weighted by Crippen LogP contribution is 2.47. The molecule has 1 N–H and O–H groups in total. The molecule has 0 saturated carbocycles. The minimum absolute atomic E-state index is 0.0876. The number of ketones is 1. The van der Waals surface area contributed by atoms with Crippen molar-refractivity contribution in [3.8, 4) is 28.4 Å². The number of amides is 1. The molecule has 2 aromatic carbocycles. The van der Waals surface area contributed by atoms with Crippen LogP contribution < -0.4 is 19.5 Å². The molecule has 0 spiro atoms. The lowest BCUT2D eigenvalue weighted by Gasteiger charge is -2.41. The molecule has 1 aliphatic heterocycles. The second-order valence-corrected chi connectivity index (χ2v) is 8.12. The van der Waals surface area contributed by atoms with Gasteiger partial charge in [-0.05, 0) is 29.7 Å². The summed E-state index contributed by atoms with van der Waals surface area (Å²) in [6, 6.07) is 9.56. The Hall–Kier alpha value is -3.06. The molecule has 164 valence electrons. The molecule has 0 atom stereocenters. The largest absolute Gasteiger partial charge is 0.493 e. The van der Waals surface area contributed by atoms with E-state index in [9.17, 15) is 9.59 Å². The number of Topliss-reactive ketones (excluding diaryl/α,β-unsaturated/α-hetero) is 1. The van der Waals surface area contributed by atoms with Crippen LogP contribution in [0.1, 0.15) is 29.3 Å². The van der Waals surface area contributed by atoms with Gasteiger partial charge in [0.05, 0.1) is 32.8 Å². The number of carbonyl (C=O) groups is 2. The molecular weight excluding hydrogens is 398 g/mol. The second-order valence-electron chi connectivity index (χ2n) is 8.12. The van der Waals surface area contributed by atoms with Crippen molar-refractivity contribution in [2.24, 2.45) is 5.41 Å². The van der Waals surface area contributed by atoms with Crippen molar-refractivity contribution >= 4 is 11.7 Å². The number of hydrogen-bond donors (Lipinski definition) is 1. The normalized spacial score (nSPS) is 16.3. The minimum atomic E-state index is -0.300. The third-order valence-electron chi connectivity index (χ3n) is 5.92. The van der Waals surface area contributed by atoms with Crippen LogP contribution in [-0.4, -0.2) is 52.3 Å². The molecule has 7 nitrogen and oxygen atoms in total. The first-order chi connectivity index (χ1) is 15.0. The fourth-order valence-electron chi connectivity index (χ4n) is 4.16. The molecule has 1 aliphatic carbocycles. The molecule has 4 rings (SSSR count). The summed E-state index contributed by atoms with van der Waals surface area (Å²) in [5.74, 6) is 1.70. The van der Waals surface area contributed by atoms with E-state index in [1.54, 1.807) is 14.2 Å². The van der Waals surface area contributed by atoms with Gasteiger partial charge in [-0.25, -0.2) is 0 Å². The van der Waals surface area contributed by atoms with E-state index >= 15 is 0 Å². The highest BCUT2D eigenvalue weighted by Gasteiger charge is 2.40. The first kappa shape index (κ1) is 21.2. The summed E-state index contributed by atoms with van der Waals surface area (Å²) in [5.41, 5.74) is 3.31. The zero-order chi connectivity index (χ0) is 22.0. The zero-order valence-electron chi connectivity index (χ0n) is 18.1. The van der Waals surface area contributed by atoms with Gasteiger partial charge in [0.2, 0.25) is 11.7 Å². The molecule has 2 aromatic rings. The summed E-state index contributed by atoms with van der Waals surface area (Å²) in [6.45, 7) is 3.32. The van der Waals surface area contributed by atoms with E-state index in [1.165, 1.54) is 6.92 Å². The smallest absolute Gasteiger partial charge is 0.216 e. The van der Waals surface area contributed by atoms with Gasteiger partial charge in [-0.1, -0.05) is 18.2 Å². The number of fused-ring (bicyclic) bond motifs is 1. The van der Waals surface area contributed by atoms with Crippen molar-refractivity contribution in [3.05, 3.63) is 41.5 Å². The lowest BCUT2D eigenvalue weighted by Crippen LogP contribution is -2.54. The number of nitrogens with one attached hydrogen (secondary N) is 1. The standard InChI is InChI=1S/C24H27NO6/c1-15(26)25-11-24(12-30-13-24)14-31-22-19(8-10-21(28-2)23(22)29-3)16-5-4-6-18-17(16)7-9-20(18)27/h4-6,8,10H,7,9,11-14H2,1-3H3,(H,25,26). The van der Waals surface area contributed by atoms with Crippen LogP contribution in [0, 0.1) is 5.41 Å². The van der Waals surface area contributed by atoms with E-state index in [4.69, 9.17) is 18.9 Å². The van der Waals surface area contributed by atoms with Crippen molar-refractivity contribution in [2.75, 3.05) is 40.6 Å². The first-order valence-corrected chi connectivity index (χ1v) is 10.3. The number of methoxy groups -OCH3 is 2. The van der Waals surface area contributed by atoms with Gasteiger partial charge in [-0.15, -0.1) is 0 Å². The molecule has 31 heavy (non-hydrogen) atoms. The minimum Gasteiger partial charge on any atom is -0.493 e. The maximum Gasteiger partial charge on any atom is 0.216 e. The number of rotatable bonds is 8. The summed E-state index contributed by atoms with van der Waals surface area (Å²) in [7, 11) is 3.16. The maximum atomic E-state index is 12.3. The summed E-state index contributed by atoms with van der Waals surface area (Å²) < 4.78 is 22.9. The van der Waals surface area contributed by atoms with Gasteiger partial charge in [-0.3, -0.25) is 9.59 Å². The number of benzene rings is 2. The zero-order valence-corrected chi connectivity index (χ0v) is 18.1. The molecule has 0 bridgehead atoms. The molecule has 1 fully saturated rings. The van der Waals surface area contributed by atoms with E-state index in [0.717, 1.165) is 22.3 Å². The van der Waals surface area contributed by atoms with E-state index in [-0.39, 0.29) is 17.1 Å². The fourth-order valence-corrected chi connectivity index (χ4v) is 4.16. The van der Waals surface area contributed by atoms with Crippen molar-refractivity contribution in [1.82, 2.24) is 5.32 Å². The van der Waals surface area contributed by atoms with Crippen LogP contribution in [0.25, 0.3) is 11.1 Å². The Morgan fingerprint density at radius 1 is 1.03 bits per heavy atom. The monoisotopic (exact) mass is 425 g/mol. The Balaban J connectivity index is 1.73. The third kappa shape index (κ3) is 3.97. The lowest BCUT2D eigenvalue weighted by molar-refractivity contribution is -0.136. The van der Waals surface area contributed by atoms with Crippen molar-refractivity contribution in [3.63, 3.8) is 0 Å². The highest BCUT2D eigenvalue weighted by molar-refractivity contribution is 6.02. The number of ether oxygens (including phenoxy) is 4. The van der Waals surface area contributed by atoms with Crippen LogP contribution in [0.3, 0.4) is 0 Å². The molecule has 0 unspecified atom stereocenters. The summed E-state index contributed by atoms with van der Waals surface area (Å²) in [5, 5.41) is 2.87. The Morgan fingerprint density at radius 2 is 1.81 bits per heavy atom. The highest BCUT2D eigenvalue weighted by atomic mass is 16.5. The van der Waals surface area contributed by atoms with Gasteiger partial charge in [0.25, 0.3) is 0 Å². The number of hydrogen-bond acceptors (Lipinski definition) is 6. The third-order valence-corrected chi connectivity index (χ3v) is 5.92. The maximum absolute atomic E-state index is 12.3. The predicted octanol–water partition coefficient (Wildman–Crippen LogP) is 3.03. The van der Waals surface area contributed by atoms with Gasteiger partial charge in [-0.2, -0.15) is 0 Å². The Kier molecular flexibility index (Phi) is 5.87. The van der Waals surface area contributed by atoms with Crippen LogP contribution in [0.15, 0.2) is 30.3 Å². The van der Waals surface area contributed by atoms with Gasteiger partial charge in [0.15, 0.2) is 17.3 Å². The lowest BCUT2D eigenvalue weighted by atomic mass is 9.86. The number of carbonyl (C=O) groups excluding carboxylic acids is 2. The first-order valence-electron chi connectivity index (χ1n) is 10.3. The molecule has 2 aliphatic rings. The molecule has 0 radical (unpaired) electrons. The van der Waals surface area contributed by atoms with Crippen molar-refractivity contribution < 1.29 is 28.5 Å². The van der Waals surface area contributed by atoms with Gasteiger partial charge < -0.3 is 24.3 Å². The van der Waals surface area contributed by atoms with Crippen molar-refractivity contribution in [1.29, 1.82) is 0 Å². The fraction of sp³-hybridized carbons (Fsp3) is 0.417. The van der Waals surface area contributed by atoms with E-state index in [0.29, 0.717) is 56.5 Å². The van der Waals surface area contributed by atoms with Crippen LogP contribution in [0.5, 0.6) is 17.2 Å². The molecule has 1 saturated heterocycles. The second kappa shape index (κ2) is 8.59. The van der Waals surface area contributed by atoms with Crippen molar-refractivity contribution in [2.45, 2.75) is 19.8 Å². The molecule has 0 aromatic heterocycles. The van der Waals surface area contributed by atoms with Gasteiger partial charge in [0, 0.05) is 31.0 Å². The van der Waals surface area contributed by atoms with E-state index in [2.05, 4.69) is 5.32 Å². The van der Waals surface area contributed by atoms with Gasteiger partial charge in [0.1, 0.15) is 6.61 Å². The van der Waals surface area contributed by atoms with E-state index < -0.39 is 0 Å². The average Bonchev–Trinajstić information content (AvgIpc) is 3.13. The molecule has 7 heteroatoms. The van der Waals surface area contributed by atoms with Gasteiger partial charge >= 0.3 is 0 Å². The summed E-state index contributed by atoms with van der Waals surface area (Å²) in [6.07, 6.45) is 1.23. The molecule has 1 amide bonds. The van der Waals surface area contributed by atoms with Crippen LogP contribution in [-0.2, 0) is 16.0 Å². The molecule has 1 heterocycles. The van der Waals surface area contributed by atoms with Crippen LogP contribution in [0.2, 0.25) is 0 Å². The predicted molar refractivity (Wildman–Crippen MR) is 115 cm³/mol. The Morgan fingerprint density at radius 3 is 2.45 bits per heavy atom. The van der Waals surface area contributed by atoms with E-state index in [1.807, 2.05) is 30.3 Å². The summed E-state index contributed by atoms with van der Waals surface area (Å²) in [4.78, 5) is 23.7. The van der Waals surface area contributed by atoms with Crippen LogP contribution in [0.4, 0.5) is 0 Å². The Bertz CT molecular complexity index is 1010. The molecular formula is C24H27NO6.